The third-order valence-electron chi connectivity index (χ3n) is 5.22. The number of hydrogen-bond acceptors (Lipinski definition) is 3. The Hall–Kier alpha value is -3.40. The Balaban J connectivity index is 1.62. The lowest BCUT2D eigenvalue weighted by Crippen LogP contribution is -2.21. The van der Waals surface area contributed by atoms with Crippen molar-refractivity contribution in [3.63, 3.8) is 0 Å². The fourth-order valence-electron chi connectivity index (χ4n) is 3.18. The van der Waals surface area contributed by atoms with Gasteiger partial charge in [0.15, 0.2) is 6.61 Å². The molecule has 4 heteroatoms. The number of carbonyl (C=O) groups excluding carboxylic acids is 2. The molecule has 1 amide bonds. The van der Waals surface area contributed by atoms with Gasteiger partial charge in [0.1, 0.15) is 0 Å². The van der Waals surface area contributed by atoms with Crippen molar-refractivity contribution in [2.24, 2.45) is 0 Å². The van der Waals surface area contributed by atoms with E-state index >= 15 is 0 Å². The molecule has 0 fully saturated rings. The first-order chi connectivity index (χ1) is 14.5. The van der Waals surface area contributed by atoms with Crippen LogP contribution < -0.4 is 5.32 Å². The highest BCUT2D eigenvalue weighted by atomic mass is 16.5. The molecule has 4 nitrogen and oxygen atoms in total. The first-order valence-corrected chi connectivity index (χ1v) is 10.2. The zero-order valence-corrected chi connectivity index (χ0v) is 17.6. The molecule has 0 saturated heterocycles. The number of esters is 1. The summed E-state index contributed by atoms with van der Waals surface area (Å²) in [6, 6.07) is 22.9. The molecule has 3 rings (SSSR count). The Morgan fingerprint density at radius 2 is 1.60 bits per heavy atom. The molecule has 0 bridgehead atoms. The van der Waals surface area contributed by atoms with Gasteiger partial charge in [0.25, 0.3) is 5.91 Å². The van der Waals surface area contributed by atoms with E-state index in [1.165, 1.54) is 5.56 Å². The number of amides is 1. The molecule has 0 heterocycles. The van der Waals surface area contributed by atoms with E-state index in [9.17, 15) is 9.59 Å². The zero-order chi connectivity index (χ0) is 21.5. The minimum Gasteiger partial charge on any atom is -0.452 e. The minimum atomic E-state index is -0.520. The highest BCUT2D eigenvalue weighted by Gasteiger charge is 2.15. The van der Waals surface area contributed by atoms with Crippen LogP contribution in [0.25, 0.3) is 11.1 Å². The molecule has 154 valence electrons. The van der Waals surface area contributed by atoms with E-state index in [0.29, 0.717) is 17.2 Å². The average molecular weight is 402 g/mol. The van der Waals surface area contributed by atoms with Crippen LogP contribution >= 0.6 is 0 Å². The van der Waals surface area contributed by atoms with Crippen LogP contribution in [0.1, 0.15) is 47.7 Å². The summed E-state index contributed by atoms with van der Waals surface area (Å²) in [5.74, 6) is -0.412. The summed E-state index contributed by atoms with van der Waals surface area (Å²) in [5, 5.41) is 2.77. The van der Waals surface area contributed by atoms with Crippen LogP contribution in [0.5, 0.6) is 0 Å². The highest BCUT2D eigenvalue weighted by Crippen LogP contribution is 2.25. The standard InChI is InChI=1S/C26H27NO3/c1-4-19(3)20-13-15-22(16-14-20)27-25(28)17-30-26(29)24-8-6-5-7-23(24)21-11-9-18(2)10-12-21/h5-16,19H,4,17H2,1-3H3,(H,27,28)/t19-/m0/s1. The largest absolute Gasteiger partial charge is 0.452 e. The second kappa shape index (κ2) is 9.88. The van der Waals surface area contributed by atoms with Crippen LogP contribution in [-0.2, 0) is 9.53 Å². The van der Waals surface area contributed by atoms with Crippen LogP contribution in [-0.4, -0.2) is 18.5 Å². The first-order valence-electron chi connectivity index (χ1n) is 10.2. The lowest BCUT2D eigenvalue weighted by atomic mass is 9.99. The van der Waals surface area contributed by atoms with Gasteiger partial charge < -0.3 is 10.1 Å². The van der Waals surface area contributed by atoms with Crippen molar-refractivity contribution < 1.29 is 14.3 Å². The van der Waals surface area contributed by atoms with Gasteiger partial charge in [0, 0.05) is 5.69 Å². The van der Waals surface area contributed by atoms with Crippen molar-refractivity contribution in [2.75, 3.05) is 11.9 Å². The molecule has 0 spiro atoms. The van der Waals surface area contributed by atoms with E-state index in [1.54, 1.807) is 12.1 Å². The summed E-state index contributed by atoms with van der Waals surface area (Å²) in [7, 11) is 0. The molecule has 1 atom stereocenters. The molecular weight excluding hydrogens is 374 g/mol. The lowest BCUT2D eigenvalue weighted by molar-refractivity contribution is -0.119. The SMILES string of the molecule is CC[C@H](C)c1ccc(NC(=O)COC(=O)c2ccccc2-c2ccc(C)cc2)cc1. The first kappa shape index (κ1) is 21.3. The van der Waals surface area contributed by atoms with Crippen LogP contribution in [0.4, 0.5) is 5.69 Å². The van der Waals surface area contributed by atoms with E-state index < -0.39 is 5.97 Å². The molecule has 3 aromatic rings. The maximum Gasteiger partial charge on any atom is 0.339 e. The van der Waals surface area contributed by atoms with E-state index in [1.807, 2.05) is 67.6 Å². The Morgan fingerprint density at radius 3 is 2.27 bits per heavy atom. The fourth-order valence-corrected chi connectivity index (χ4v) is 3.18. The number of ether oxygens (including phenoxy) is 1. The molecule has 30 heavy (non-hydrogen) atoms. The van der Waals surface area contributed by atoms with Gasteiger partial charge in [0.2, 0.25) is 0 Å². The van der Waals surface area contributed by atoms with Gasteiger partial charge in [-0.2, -0.15) is 0 Å². The molecule has 0 aliphatic rings. The monoisotopic (exact) mass is 401 g/mol. The van der Waals surface area contributed by atoms with Gasteiger partial charge in [0.05, 0.1) is 5.56 Å². The Kier molecular flexibility index (Phi) is 7.02. The maximum atomic E-state index is 12.6. The predicted octanol–water partition coefficient (Wildman–Crippen LogP) is 5.97. The van der Waals surface area contributed by atoms with Crippen LogP contribution in [0.15, 0.2) is 72.8 Å². The molecule has 0 aliphatic heterocycles. The molecule has 0 aliphatic carbocycles. The quantitative estimate of drug-likeness (QED) is 0.496. The predicted molar refractivity (Wildman–Crippen MR) is 121 cm³/mol. The van der Waals surface area contributed by atoms with Crippen molar-refractivity contribution in [3.8, 4) is 11.1 Å². The number of anilines is 1. The third-order valence-corrected chi connectivity index (χ3v) is 5.22. The van der Waals surface area contributed by atoms with Gasteiger partial charge in [-0.3, -0.25) is 4.79 Å². The van der Waals surface area contributed by atoms with E-state index in [2.05, 4.69) is 19.2 Å². The van der Waals surface area contributed by atoms with Crippen molar-refractivity contribution in [1.29, 1.82) is 0 Å². The summed E-state index contributed by atoms with van der Waals surface area (Å²) >= 11 is 0. The number of nitrogens with one attached hydrogen (secondary N) is 1. The molecule has 0 saturated carbocycles. The average Bonchev–Trinajstić information content (AvgIpc) is 2.78. The van der Waals surface area contributed by atoms with E-state index in [0.717, 1.165) is 23.1 Å². The number of benzene rings is 3. The summed E-state index contributed by atoms with van der Waals surface area (Å²) in [6.07, 6.45) is 1.06. The topological polar surface area (TPSA) is 55.4 Å². The van der Waals surface area contributed by atoms with E-state index in [4.69, 9.17) is 4.74 Å². The van der Waals surface area contributed by atoms with Gasteiger partial charge in [-0.15, -0.1) is 0 Å². The van der Waals surface area contributed by atoms with Crippen molar-refractivity contribution in [1.82, 2.24) is 0 Å². The van der Waals surface area contributed by atoms with Gasteiger partial charge in [-0.05, 0) is 54.2 Å². The second-order valence-corrected chi connectivity index (χ2v) is 7.47. The number of carbonyl (C=O) groups is 2. The maximum absolute atomic E-state index is 12.6. The van der Waals surface area contributed by atoms with Crippen LogP contribution in [0, 0.1) is 6.92 Å². The number of rotatable bonds is 7. The molecule has 3 aromatic carbocycles. The number of aryl methyl sites for hydroxylation is 1. The lowest BCUT2D eigenvalue weighted by Gasteiger charge is -2.12. The van der Waals surface area contributed by atoms with Gasteiger partial charge >= 0.3 is 5.97 Å². The second-order valence-electron chi connectivity index (χ2n) is 7.47. The fraction of sp³-hybridized carbons (Fsp3) is 0.231. The highest BCUT2D eigenvalue weighted by molar-refractivity contribution is 5.99. The van der Waals surface area contributed by atoms with Crippen molar-refractivity contribution in [3.05, 3.63) is 89.5 Å². The Bertz CT molecular complexity index is 1010. The normalized spacial score (nSPS) is 11.6. The van der Waals surface area contributed by atoms with Crippen molar-refractivity contribution in [2.45, 2.75) is 33.1 Å². The van der Waals surface area contributed by atoms with Crippen LogP contribution in [0.2, 0.25) is 0 Å². The van der Waals surface area contributed by atoms with Gasteiger partial charge in [-0.25, -0.2) is 4.79 Å². The summed E-state index contributed by atoms with van der Waals surface area (Å²) in [4.78, 5) is 24.8. The third kappa shape index (κ3) is 5.35. The summed E-state index contributed by atoms with van der Waals surface area (Å²) < 4.78 is 5.28. The van der Waals surface area contributed by atoms with Crippen molar-refractivity contribution >= 4 is 17.6 Å². The Labute approximate surface area is 177 Å². The van der Waals surface area contributed by atoms with E-state index in [-0.39, 0.29) is 12.5 Å². The van der Waals surface area contributed by atoms with Gasteiger partial charge in [-0.1, -0.05) is 74.0 Å². The van der Waals surface area contributed by atoms with Crippen LogP contribution in [0.3, 0.4) is 0 Å². The summed E-state index contributed by atoms with van der Waals surface area (Å²) in [6.45, 7) is 5.99. The molecule has 0 unspecified atom stereocenters. The number of hydrogen-bond donors (Lipinski definition) is 1. The minimum absolute atomic E-state index is 0.339. The zero-order valence-electron chi connectivity index (χ0n) is 17.6. The molecular formula is C26H27NO3. The molecule has 0 aromatic heterocycles. The summed E-state index contributed by atoms with van der Waals surface area (Å²) in [5.41, 5.74) is 5.21. The molecule has 0 radical (unpaired) electrons. The molecule has 1 N–H and O–H groups in total. The smallest absolute Gasteiger partial charge is 0.339 e. The Morgan fingerprint density at radius 1 is 0.933 bits per heavy atom.